The average Bonchev–Trinajstić information content (AvgIpc) is 2.90. The summed E-state index contributed by atoms with van der Waals surface area (Å²) in [5, 5.41) is 0. The van der Waals surface area contributed by atoms with Gasteiger partial charge in [0.15, 0.2) is 0 Å². The van der Waals surface area contributed by atoms with Gasteiger partial charge >= 0.3 is 6.09 Å². The molecule has 0 saturated carbocycles. The summed E-state index contributed by atoms with van der Waals surface area (Å²) in [4.78, 5) is 30.8. The summed E-state index contributed by atoms with van der Waals surface area (Å²) >= 11 is 0. The third kappa shape index (κ3) is 6.45. The van der Waals surface area contributed by atoms with Crippen LogP contribution >= 0.6 is 0 Å². The van der Waals surface area contributed by atoms with Crippen LogP contribution in [0.3, 0.4) is 0 Å². The smallest absolute Gasteiger partial charge is 0.410 e. The lowest BCUT2D eigenvalue weighted by molar-refractivity contribution is -0.135. The summed E-state index contributed by atoms with van der Waals surface area (Å²) in [5.41, 5.74) is 2.86. The monoisotopic (exact) mass is 512 g/mol. The Bertz CT molecular complexity index is 1180. The van der Waals surface area contributed by atoms with Gasteiger partial charge < -0.3 is 14.5 Å². The van der Waals surface area contributed by atoms with Crippen molar-refractivity contribution in [3.05, 3.63) is 108 Å². The minimum absolute atomic E-state index is 0.150. The van der Waals surface area contributed by atoms with E-state index >= 15 is 0 Å². The highest BCUT2D eigenvalue weighted by Gasteiger charge is 2.45. The lowest BCUT2D eigenvalue weighted by Gasteiger charge is -2.49. The molecule has 1 unspecified atom stereocenters. The van der Waals surface area contributed by atoms with Gasteiger partial charge in [-0.3, -0.25) is 4.79 Å². The summed E-state index contributed by atoms with van der Waals surface area (Å²) in [5.74, 6) is -0.106. The minimum atomic E-state index is -0.519. The molecule has 1 spiro atoms. The van der Waals surface area contributed by atoms with E-state index in [1.54, 1.807) is 6.08 Å². The Balaban J connectivity index is 1.57. The van der Waals surface area contributed by atoms with Gasteiger partial charge in [-0.1, -0.05) is 91.6 Å². The van der Waals surface area contributed by atoms with Crippen molar-refractivity contribution in [3.8, 4) is 0 Å². The van der Waals surface area contributed by atoms with Gasteiger partial charge in [-0.2, -0.15) is 0 Å². The van der Waals surface area contributed by atoms with Gasteiger partial charge in [-0.15, -0.1) is 0 Å². The second-order valence-electron chi connectivity index (χ2n) is 11.3. The first-order valence-corrected chi connectivity index (χ1v) is 13.6. The first kappa shape index (κ1) is 27.4. The fraction of sp³-hybridized carbons (Fsp3) is 0.394. The molecular weight excluding hydrogens is 472 g/mol. The Hall–Kier alpha value is -3.60. The van der Waals surface area contributed by atoms with Gasteiger partial charge in [0.05, 0.1) is 5.92 Å². The molecule has 38 heavy (non-hydrogen) atoms. The lowest BCUT2D eigenvalue weighted by Crippen LogP contribution is -2.55. The molecule has 200 valence electrons. The number of carbonyl (C=O) groups is 2. The maximum absolute atomic E-state index is 14.2. The van der Waals surface area contributed by atoms with E-state index in [0.29, 0.717) is 32.6 Å². The molecule has 0 bridgehead atoms. The quantitative estimate of drug-likeness (QED) is 0.401. The van der Waals surface area contributed by atoms with Crippen LogP contribution in [0.5, 0.6) is 0 Å². The number of amides is 2. The van der Waals surface area contributed by atoms with Gasteiger partial charge in [0.1, 0.15) is 5.60 Å². The molecule has 2 aromatic rings. The number of ether oxygens (including phenoxy) is 1. The summed E-state index contributed by atoms with van der Waals surface area (Å²) in [7, 11) is 0. The number of nitrogens with zero attached hydrogens (tertiary/aromatic N) is 2. The second-order valence-corrected chi connectivity index (χ2v) is 11.3. The van der Waals surface area contributed by atoms with Crippen LogP contribution in [-0.2, 0) is 21.5 Å². The van der Waals surface area contributed by atoms with Crippen LogP contribution in [0.15, 0.2) is 91.6 Å². The number of rotatable bonds is 6. The molecule has 0 N–H and O–H groups in total. The molecule has 2 amide bonds. The highest BCUT2D eigenvalue weighted by atomic mass is 16.6. The van der Waals surface area contributed by atoms with Crippen LogP contribution in [0.25, 0.3) is 0 Å². The van der Waals surface area contributed by atoms with E-state index in [4.69, 9.17) is 4.74 Å². The molecule has 5 nitrogen and oxygen atoms in total. The van der Waals surface area contributed by atoms with Crippen molar-refractivity contribution < 1.29 is 14.3 Å². The summed E-state index contributed by atoms with van der Waals surface area (Å²) in [6.45, 7) is 11.9. The molecule has 0 radical (unpaired) electrons. The van der Waals surface area contributed by atoms with Crippen LogP contribution in [-0.4, -0.2) is 47.0 Å². The molecule has 4 rings (SSSR count). The van der Waals surface area contributed by atoms with Crippen molar-refractivity contribution in [2.75, 3.05) is 19.6 Å². The van der Waals surface area contributed by atoms with Crippen molar-refractivity contribution in [1.29, 1.82) is 0 Å². The number of piperidine rings is 1. The number of carbonyl (C=O) groups excluding carboxylic acids is 2. The first-order valence-electron chi connectivity index (χ1n) is 13.6. The summed E-state index contributed by atoms with van der Waals surface area (Å²) < 4.78 is 5.63. The molecule has 2 aliphatic rings. The van der Waals surface area contributed by atoms with Crippen LogP contribution in [0.2, 0.25) is 0 Å². The Morgan fingerprint density at radius 3 is 2.34 bits per heavy atom. The fourth-order valence-corrected chi connectivity index (χ4v) is 5.64. The Morgan fingerprint density at radius 1 is 0.974 bits per heavy atom. The normalized spacial score (nSPS) is 18.0. The molecule has 0 aromatic heterocycles. The lowest BCUT2D eigenvalue weighted by atomic mass is 9.68. The minimum Gasteiger partial charge on any atom is -0.444 e. The molecule has 5 heteroatoms. The molecule has 1 atom stereocenters. The van der Waals surface area contributed by atoms with Crippen molar-refractivity contribution in [3.63, 3.8) is 0 Å². The number of hydrogen-bond acceptors (Lipinski definition) is 3. The summed E-state index contributed by atoms with van der Waals surface area (Å²) in [6.07, 6.45) is 11.6. The Kier molecular flexibility index (Phi) is 8.55. The predicted octanol–water partition coefficient (Wildman–Crippen LogP) is 6.77. The van der Waals surface area contributed by atoms with Gasteiger partial charge in [-0.25, -0.2) is 4.79 Å². The van der Waals surface area contributed by atoms with E-state index in [-0.39, 0.29) is 23.3 Å². The molecule has 0 aliphatic carbocycles. The van der Waals surface area contributed by atoms with Crippen molar-refractivity contribution in [2.45, 2.75) is 63.5 Å². The van der Waals surface area contributed by atoms with E-state index in [0.717, 1.165) is 18.4 Å². The number of benzene rings is 2. The Labute approximate surface area is 227 Å². The van der Waals surface area contributed by atoms with Crippen molar-refractivity contribution in [1.82, 2.24) is 9.80 Å². The van der Waals surface area contributed by atoms with E-state index in [1.165, 1.54) is 11.1 Å². The number of hydrogen-bond donors (Lipinski definition) is 0. The van der Waals surface area contributed by atoms with Gasteiger partial charge in [0.2, 0.25) is 5.91 Å². The van der Waals surface area contributed by atoms with Crippen molar-refractivity contribution >= 4 is 12.0 Å². The van der Waals surface area contributed by atoms with Crippen molar-refractivity contribution in [2.24, 2.45) is 0 Å². The zero-order chi connectivity index (χ0) is 27.2. The predicted molar refractivity (Wildman–Crippen MR) is 153 cm³/mol. The van der Waals surface area contributed by atoms with E-state index in [9.17, 15) is 9.59 Å². The van der Waals surface area contributed by atoms with Crippen LogP contribution in [0, 0.1) is 0 Å². The van der Waals surface area contributed by atoms with E-state index < -0.39 is 5.60 Å². The van der Waals surface area contributed by atoms with E-state index in [2.05, 4.69) is 41.8 Å². The topological polar surface area (TPSA) is 49.9 Å². The molecular formula is C33H40N2O3. The number of allylic oxidation sites excluding steroid dienone is 5. The SMILES string of the molecule is C=C/C=C\C=C/CC(C(=O)N1Cc2ccccc2C2(CCN(C(=O)OC(C)(C)C)CC2)C1)c1ccccc1. The summed E-state index contributed by atoms with van der Waals surface area (Å²) in [6, 6.07) is 18.6. The molecule has 1 fully saturated rings. The molecule has 2 heterocycles. The Morgan fingerprint density at radius 2 is 1.66 bits per heavy atom. The fourth-order valence-electron chi connectivity index (χ4n) is 5.64. The van der Waals surface area contributed by atoms with Gasteiger partial charge in [0, 0.05) is 31.6 Å². The average molecular weight is 513 g/mol. The maximum Gasteiger partial charge on any atom is 0.410 e. The first-order chi connectivity index (χ1) is 18.2. The standard InChI is InChI=1S/C33H40N2O3/c1-5-6-7-8-12-18-28(26-15-10-9-11-16-26)30(36)35-24-27-17-13-14-19-29(27)33(25-35)20-22-34(23-21-33)31(37)38-32(2,3)4/h5-17,19,28H,1,18,20-25H2,2-4H3/b7-6-,12-8-. The number of fused-ring (bicyclic) bond motifs is 2. The van der Waals surface area contributed by atoms with Gasteiger partial charge in [-0.05, 0) is 56.7 Å². The third-order valence-electron chi connectivity index (χ3n) is 7.49. The highest BCUT2D eigenvalue weighted by Crippen LogP contribution is 2.43. The van der Waals surface area contributed by atoms with Crippen LogP contribution in [0.1, 0.15) is 62.6 Å². The highest BCUT2D eigenvalue weighted by molar-refractivity contribution is 5.84. The number of likely N-dealkylation sites (tertiary alicyclic amines) is 1. The third-order valence-corrected chi connectivity index (χ3v) is 7.49. The zero-order valence-electron chi connectivity index (χ0n) is 22.9. The largest absolute Gasteiger partial charge is 0.444 e. The van der Waals surface area contributed by atoms with Crippen LogP contribution < -0.4 is 0 Å². The second kappa shape index (κ2) is 11.8. The van der Waals surface area contributed by atoms with Crippen LogP contribution in [0.4, 0.5) is 4.79 Å². The molecule has 2 aromatic carbocycles. The molecule has 2 aliphatic heterocycles. The van der Waals surface area contributed by atoms with Gasteiger partial charge in [0.25, 0.3) is 0 Å². The zero-order valence-corrected chi connectivity index (χ0v) is 22.9. The van der Waals surface area contributed by atoms with E-state index in [1.807, 2.05) is 74.2 Å². The maximum atomic E-state index is 14.2. The molecule has 1 saturated heterocycles.